The van der Waals surface area contributed by atoms with Crippen LogP contribution in [0.4, 0.5) is 0 Å². The molecule has 1 unspecified atom stereocenters. The highest BCUT2D eigenvalue weighted by atomic mass is 32.2. The van der Waals surface area contributed by atoms with Crippen molar-refractivity contribution in [1.29, 1.82) is 0 Å². The molecule has 4 heteroatoms. The third-order valence-electron chi connectivity index (χ3n) is 2.80. The standard InChI is InChI=1S/C13H13NS3/c1-9-6-16-13(14-9)17-8-10-7-15-12-5-3-2-4-11(10)12/h2-6,10H,7-8H2,1H3. The molecule has 88 valence electrons. The number of benzene rings is 1. The van der Waals surface area contributed by atoms with E-state index in [-0.39, 0.29) is 0 Å². The van der Waals surface area contributed by atoms with Crippen molar-refractivity contribution >= 4 is 34.9 Å². The molecule has 0 aliphatic carbocycles. The van der Waals surface area contributed by atoms with Gasteiger partial charge in [-0.05, 0) is 18.6 Å². The molecule has 0 amide bonds. The van der Waals surface area contributed by atoms with Crippen LogP contribution in [-0.2, 0) is 0 Å². The van der Waals surface area contributed by atoms with Gasteiger partial charge >= 0.3 is 0 Å². The van der Waals surface area contributed by atoms with Crippen LogP contribution in [0, 0.1) is 6.92 Å². The van der Waals surface area contributed by atoms with Gasteiger partial charge in [0.2, 0.25) is 0 Å². The van der Waals surface area contributed by atoms with Gasteiger partial charge < -0.3 is 0 Å². The number of fused-ring (bicyclic) bond motifs is 1. The zero-order valence-electron chi connectivity index (χ0n) is 9.55. The van der Waals surface area contributed by atoms with E-state index in [0.717, 1.165) is 11.4 Å². The molecule has 1 aromatic heterocycles. The lowest BCUT2D eigenvalue weighted by atomic mass is 10.0. The maximum Gasteiger partial charge on any atom is 0.150 e. The van der Waals surface area contributed by atoms with Crippen LogP contribution in [0.2, 0.25) is 0 Å². The number of thiazole rings is 1. The monoisotopic (exact) mass is 279 g/mol. The van der Waals surface area contributed by atoms with Gasteiger partial charge in [0.25, 0.3) is 0 Å². The lowest BCUT2D eigenvalue weighted by Gasteiger charge is -2.08. The first-order chi connectivity index (χ1) is 8.33. The van der Waals surface area contributed by atoms with E-state index >= 15 is 0 Å². The molecule has 0 fully saturated rings. The second kappa shape index (κ2) is 5.04. The minimum absolute atomic E-state index is 0.686. The summed E-state index contributed by atoms with van der Waals surface area (Å²) >= 11 is 5.64. The third-order valence-corrected chi connectivity index (χ3v) is 6.36. The fourth-order valence-electron chi connectivity index (χ4n) is 1.94. The van der Waals surface area contributed by atoms with Crippen LogP contribution >= 0.6 is 34.9 Å². The molecule has 1 aliphatic heterocycles. The summed E-state index contributed by atoms with van der Waals surface area (Å²) in [6.45, 7) is 2.06. The highest BCUT2D eigenvalue weighted by Gasteiger charge is 2.22. The van der Waals surface area contributed by atoms with Crippen LogP contribution in [0.3, 0.4) is 0 Å². The zero-order valence-corrected chi connectivity index (χ0v) is 12.0. The van der Waals surface area contributed by atoms with Gasteiger partial charge in [0.1, 0.15) is 4.34 Å². The van der Waals surface area contributed by atoms with Gasteiger partial charge in [0.05, 0.1) is 0 Å². The van der Waals surface area contributed by atoms with Crippen molar-refractivity contribution in [3.8, 4) is 0 Å². The van der Waals surface area contributed by atoms with E-state index in [2.05, 4.69) is 41.6 Å². The summed E-state index contributed by atoms with van der Waals surface area (Å²) in [7, 11) is 0. The molecule has 3 rings (SSSR count). The maximum absolute atomic E-state index is 4.50. The van der Waals surface area contributed by atoms with E-state index in [1.54, 1.807) is 11.3 Å². The smallest absolute Gasteiger partial charge is 0.150 e. The Kier molecular flexibility index (Phi) is 3.45. The van der Waals surface area contributed by atoms with Crippen molar-refractivity contribution < 1.29 is 0 Å². The van der Waals surface area contributed by atoms with E-state index in [0.29, 0.717) is 5.92 Å². The van der Waals surface area contributed by atoms with Gasteiger partial charge in [-0.25, -0.2) is 4.98 Å². The van der Waals surface area contributed by atoms with Crippen LogP contribution in [0.25, 0.3) is 0 Å². The van der Waals surface area contributed by atoms with Crippen molar-refractivity contribution in [2.45, 2.75) is 22.1 Å². The number of aryl methyl sites for hydroxylation is 1. The van der Waals surface area contributed by atoms with Gasteiger partial charge in [-0.2, -0.15) is 0 Å². The summed E-state index contributed by atoms with van der Waals surface area (Å²) in [4.78, 5) is 5.97. The van der Waals surface area contributed by atoms with E-state index in [9.17, 15) is 0 Å². The van der Waals surface area contributed by atoms with Gasteiger partial charge in [0, 0.05) is 33.4 Å². The third kappa shape index (κ3) is 2.54. The average Bonchev–Trinajstić information content (AvgIpc) is 2.93. The lowest BCUT2D eigenvalue weighted by Crippen LogP contribution is -1.99. The molecule has 1 atom stereocenters. The fourth-order valence-corrected chi connectivity index (χ4v) is 5.33. The molecule has 0 bridgehead atoms. The van der Waals surface area contributed by atoms with E-state index < -0.39 is 0 Å². The first kappa shape index (κ1) is 11.6. The molecule has 1 aliphatic rings. The largest absolute Gasteiger partial charge is 0.235 e. The molecular formula is C13H13NS3. The Balaban J connectivity index is 1.68. The first-order valence-electron chi connectivity index (χ1n) is 5.59. The van der Waals surface area contributed by atoms with E-state index in [4.69, 9.17) is 0 Å². The molecule has 0 spiro atoms. The Labute approximate surface area is 114 Å². The van der Waals surface area contributed by atoms with Crippen molar-refractivity contribution in [3.05, 3.63) is 40.9 Å². The highest BCUT2D eigenvalue weighted by Crippen LogP contribution is 2.41. The number of aromatic nitrogens is 1. The number of nitrogens with zero attached hydrogens (tertiary/aromatic N) is 1. The quantitative estimate of drug-likeness (QED) is 0.771. The molecule has 1 aromatic carbocycles. The molecule has 17 heavy (non-hydrogen) atoms. The van der Waals surface area contributed by atoms with Gasteiger partial charge in [-0.3, -0.25) is 0 Å². The topological polar surface area (TPSA) is 12.9 Å². The summed E-state index contributed by atoms with van der Waals surface area (Å²) in [5.74, 6) is 3.05. The Bertz CT molecular complexity index is 521. The molecule has 2 aromatic rings. The minimum atomic E-state index is 0.686. The summed E-state index contributed by atoms with van der Waals surface area (Å²) in [6, 6.07) is 8.79. The second-order valence-corrected chi connectivity index (χ2v) is 7.30. The normalized spacial score (nSPS) is 18.3. The Morgan fingerprint density at radius 3 is 3.12 bits per heavy atom. The zero-order chi connectivity index (χ0) is 11.7. The van der Waals surface area contributed by atoms with Crippen molar-refractivity contribution in [1.82, 2.24) is 4.98 Å². The van der Waals surface area contributed by atoms with Crippen LogP contribution in [0.15, 0.2) is 38.9 Å². The lowest BCUT2D eigenvalue weighted by molar-refractivity contribution is 0.895. The second-order valence-electron chi connectivity index (χ2n) is 4.11. The number of thioether (sulfide) groups is 2. The summed E-state index contributed by atoms with van der Waals surface area (Å²) in [6.07, 6.45) is 0. The van der Waals surface area contributed by atoms with E-state index in [1.165, 1.54) is 20.6 Å². The van der Waals surface area contributed by atoms with Crippen LogP contribution < -0.4 is 0 Å². The number of rotatable bonds is 3. The molecule has 2 heterocycles. The maximum atomic E-state index is 4.50. The minimum Gasteiger partial charge on any atom is -0.235 e. The number of hydrogen-bond donors (Lipinski definition) is 0. The van der Waals surface area contributed by atoms with Crippen molar-refractivity contribution in [2.24, 2.45) is 0 Å². The van der Waals surface area contributed by atoms with Crippen LogP contribution in [-0.4, -0.2) is 16.5 Å². The Morgan fingerprint density at radius 2 is 2.29 bits per heavy atom. The predicted octanol–water partition coefficient (Wildman–Crippen LogP) is 4.43. The first-order valence-corrected chi connectivity index (χ1v) is 8.44. The van der Waals surface area contributed by atoms with Crippen molar-refractivity contribution in [3.63, 3.8) is 0 Å². The molecule has 1 nitrogen and oxygen atoms in total. The molecule has 0 N–H and O–H groups in total. The average molecular weight is 279 g/mol. The summed E-state index contributed by atoms with van der Waals surface area (Å²) < 4.78 is 1.21. The van der Waals surface area contributed by atoms with Gasteiger partial charge in [-0.15, -0.1) is 23.1 Å². The molecule has 0 saturated carbocycles. The molecule has 0 radical (unpaired) electrons. The molecule has 0 saturated heterocycles. The fraction of sp³-hybridized carbons (Fsp3) is 0.308. The Hall–Kier alpha value is -0.450. The molecular weight excluding hydrogens is 266 g/mol. The van der Waals surface area contributed by atoms with Gasteiger partial charge in [-0.1, -0.05) is 30.0 Å². The summed E-state index contributed by atoms with van der Waals surface area (Å²) in [5, 5.41) is 2.12. The van der Waals surface area contributed by atoms with E-state index in [1.807, 2.05) is 23.5 Å². The van der Waals surface area contributed by atoms with Gasteiger partial charge in [0.15, 0.2) is 0 Å². The number of hydrogen-bond acceptors (Lipinski definition) is 4. The van der Waals surface area contributed by atoms with Crippen LogP contribution in [0.1, 0.15) is 17.2 Å². The highest BCUT2D eigenvalue weighted by molar-refractivity contribution is 8.01. The summed E-state index contributed by atoms with van der Waals surface area (Å²) in [5.41, 5.74) is 2.66. The predicted molar refractivity (Wildman–Crippen MR) is 77.5 cm³/mol. The van der Waals surface area contributed by atoms with Crippen molar-refractivity contribution in [2.75, 3.05) is 11.5 Å². The SMILES string of the molecule is Cc1csc(SCC2CSc3ccccc32)n1. The van der Waals surface area contributed by atoms with Crippen LogP contribution in [0.5, 0.6) is 0 Å². The Morgan fingerprint density at radius 1 is 1.41 bits per heavy atom.